The second kappa shape index (κ2) is 8.63. The lowest BCUT2D eigenvalue weighted by Gasteiger charge is -2.18. The van der Waals surface area contributed by atoms with Crippen LogP contribution in [0.1, 0.15) is 18.9 Å². The molecule has 8 heteroatoms. The van der Waals surface area contributed by atoms with Crippen molar-refractivity contribution in [3.8, 4) is 28.4 Å². The number of ether oxygens (including phenoxy) is 2. The lowest BCUT2D eigenvalue weighted by Crippen LogP contribution is -2.16. The van der Waals surface area contributed by atoms with E-state index in [1.807, 2.05) is 6.08 Å². The molecule has 0 bridgehead atoms. The van der Waals surface area contributed by atoms with Gasteiger partial charge in [-0.2, -0.15) is 0 Å². The van der Waals surface area contributed by atoms with E-state index >= 15 is 0 Å². The molecule has 0 unspecified atom stereocenters. The van der Waals surface area contributed by atoms with Crippen LogP contribution in [-0.2, 0) is 16.9 Å². The van der Waals surface area contributed by atoms with Gasteiger partial charge in [-0.15, -0.1) is 0 Å². The van der Waals surface area contributed by atoms with Crippen molar-refractivity contribution in [2.45, 2.75) is 18.2 Å². The molecule has 1 aromatic heterocycles. The molecule has 2 aromatic carbocycles. The molecule has 0 saturated heterocycles. The Balaban J connectivity index is 2.01. The zero-order valence-electron chi connectivity index (χ0n) is 17.7. The summed E-state index contributed by atoms with van der Waals surface area (Å²) >= 11 is 0. The Kier molecular flexibility index (Phi) is 5.88. The third-order valence-electron chi connectivity index (χ3n) is 5.21. The summed E-state index contributed by atoms with van der Waals surface area (Å²) in [4.78, 5) is 12.4. The molecule has 0 aliphatic carbocycles. The molecular weight excluding hydrogens is 433 g/mol. The number of sulfone groups is 1. The van der Waals surface area contributed by atoms with Crippen molar-refractivity contribution >= 4 is 15.9 Å². The number of benzene rings is 2. The van der Waals surface area contributed by atoms with Crippen LogP contribution in [0.3, 0.4) is 0 Å². The Bertz CT molecular complexity index is 1380. The lowest BCUT2D eigenvalue weighted by molar-refractivity contribution is 0.325. The first-order chi connectivity index (χ1) is 15.3. The quantitative estimate of drug-likeness (QED) is 0.566. The number of aromatic nitrogens is 1. The van der Waals surface area contributed by atoms with E-state index < -0.39 is 15.7 Å². The van der Waals surface area contributed by atoms with Crippen molar-refractivity contribution in [2.75, 3.05) is 12.4 Å². The highest BCUT2D eigenvalue weighted by molar-refractivity contribution is 7.91. The van der Waals surface area contributed by atoms with E-state index in [4.69, 9.17) is 9.47 Å². The molecule has 1 aliphatic rings. The number of nitrogens with zero attached hydrogens (tertiary/aromatic N) is 1. The molecule has 0 saturated carbocycles. The molecule has 0 spiro atoms. The number of rotatable bonds is 2. The van der Waals surface area contributed by atoms with Crippen molar-refractivity contribution in [1.82, 2.24) is 4.57 Å². The highest BCUT2D eigenvalue weighted by Crippen LogP contribution is 2.40. The molecule has 0 amide bonds. The summed E-state index contributed by atoms with van der Waals surface area (Å²) in [6.07, 6.45) is 5.80. The maximum Gasteiger partial charge on any atom is 0.254 e. The second-order valence-corrected chi connectivity index (χ2v) is 9.66. The van der Waals surface area contributed by atoms with Gasteiger partial charge in [-0.3, -0.25) is 4.79 Å². The molecule has 2 heterocycles. The smallest absolute Gasteiger partial charge is 0.254 e. The summed E-state index contributed by atoms with van der Waals surface area (Å²) in [5.74, 6) is 0.396. The molecule has 0 atom stereocenters. The van der Waals surface area contributed by atoms with Gasteiger partial charge in [-0.05, 0) is 36.8 Å². The van der Waals surface area contributed by atoms with Gasteiger partial charge < -0.3 is 14.0 Å². The minimum Gasteiger partial charge on any atom is -0.492 e. The van der Waals surface area contributed by atoms with Crippen LogP contribution in [-0.4, -0.2) is 25.3 Å². The maximum atomic E-state index is 14.0. The zero-order valence-corrected chi connectivity index (χ0v) is 18.5. The molecule has 4 rings (SSSR count). The van der Waals surface area contributed by atoms with E-state index in [0.29, 0.717) is 47.0 Å². The minimum atomic E-state index is -3.51. The van der Waals surface area contributed by atoms with Gasteiger partial charge in [0, 0.05) is 42.1 Å². The minimum absolute atomic E-state index is 0.0673. The Morgan fingerprint density at radius 2 is 1.84 bits per heavy atom. The van der Waals surface area contributed by atoms with Gasteiger partial charge in [0.1, 0.15) is 23.1 Å². The van der Waals surface area contributed by atoms with Crippen LogP contribution in [0.5, 0.6) is 17.2 Å². The Morgan fingerprint density at radius 1 is 1.03 bits per heavy atom. The molecule has 3 aromatic rings. The van der Waals surface area contributed by atoms with Gasteiger partial charge in [0.25, 0.3) is 5.56 Å². The van der Waals surface area contributed by atoms with Crippen molar-refractivity contribution in [1.29, 1.82) is 0 Å². The number of hydrogen-bond donors (Lipinski definition) is 0. The molecular formula is C24H22FNO5S. The standard InChI is InChI=1S/C24H22FNO5S/c1-3-32(28,29)18-9-10-21-19(13-18)20-15-26(2)24(27)14-23(20)30-11-5-4-6-16-7-8-17(25)12-22(16)31-21/h4,6-10,12-15H,3,5,11H2,1-2H3/b6-4+. The first kappa shape index (κ1) is 21.8. The maximum absolute atomic E-state index is 14.0. The third-order valence-corrected chi connectivity index (χ3v) is 6.94. The molecule has 0 N–H and O–H groups in total. The number of hydrogen-bond acceptors (Lipinski definition) is 5. The summed E-state index contributed by atoms with van der Waals surface area (Å²) in [7, 11) is -1.91. The van der Waals surface area contributed by atoms with Crippen LogP contribution in [0.15, 0.2) is 64.4 Å². The number of halogens is 1. The van der Waals surface area contributed by atoms with E-state index in [-0.39, 0.29) is 16.2 Å². The lowest BCUT2D eigenvalue weighted by atomic mass is 10.0. The number of fused-ring (bicyclic) bond motifs is 4. The van der Waals surface area contributed by atoms with Gasteiger partial charge in [0.2, 0.25) is 0 Å². The average molecular weight is 456 g/mol. The van der Waals surface area contributed by atoms with Crippen molar-refractivity contribution in [2.24, 2.45) is 7.05 Å². The van der Waals surface area contributed by atoms with Crippen molar-refractivity contribution in [3.63, 3.8) is 0 Å². The zero-order chi connectivity index (χ0) is 22.9. The van der Waals surface area contributed by atoms with Crippen LogP contribution in [0.25, 0.3) is 17.2 Å². The predicted molar refractivity (Wildman–Crippen MR) is 120 cm³/mol. The van der Waals surface area contributed by atoms with E-state index in [1.165, 1.54) is 41.0 Å². The van der Waals surface area contributed by atoms with E-state index in [2.05, 4.69) is 0 Å². The van der Waals surface area contributed by atoms with Gasteiger partial charge in [-0.1, -0.05) is 19.1 Å². The SMILES string of the molecule is CCS(=O)(=O)c1ccc2c(c1)-c1cn(C)c(=O)cc1OCC/C=C/c1ccc(F)cc1O2. The van der Waals surface area contributed by atoms with Crippen LogP contribution >= 0.6 is 0 Å². The van der Waals surface area contributed by atoms with Crippen LogP contribution in [0, 0.1) is 5.82 Å². The van der Waals surface area contributed by atoms with E-state index in [9.17, 15) is 17.6 Å². The largest absolute Gasteiger partial charge is 0.492 e. The van der Waals surface area contributed by atoms with Crippen LogP contribution in [0.4, 0.5) is 4.39 Å². The molecule has 0 radical (unpaired) electrons. The Labute approximate surface area is 185 Å². The van der Waals surface area contributed by atoms with E-state index in [1.54, 1.807) is 32.3 Å². The molecule has 1 aliphatic heterocycles. The summed E-state index contributed by atoms with van der Waals surface area (Å²) in [6, 6.07) is 10.1. The topological polar surface area (TPSA) is 74.6 Å². The average Bonchev–Trinajstić information content (AvgIpc) is 2.76. The van der Waals surface area contributed by atoms with Crippen molar-refractivity contribution < 1.29 is 22.3 Å². The molecule has 166 valence electrons. The molecule has 32 heavy (non-hydrogen) atoms. The first-order valence-electron chi connectivity index (χ1n) is 10.1. The van der Waals surface area contributed by atoms with Crippen molar-refractivity contribution in [3.05, 3.63) is 76.5 Å². The van der Waals surface area contributed by atoms with E-state index in [0.717, 1.165) is 0 Å². The summed E-state index contributed by atoms with van der Waals surface area (Å²) in [5.41, 5.74) is 1.32. The van der Waals surface area contributed by atoms with Crippen LogP contribution in [0.2, 0.25) is 0 Å². The Morgan fingerprint density at radius 3 is 2.62 bits per heavy atom. The Hall–Kier alpha value is -3.39. The summed E-state index contributed by atoms with van der Waals surface area (Å²) in [5, 5.41) is 0. The van der Waals surface area contributed by atoms with Crippen LogP contribution < -0.4 is 15.0 Å². The second-order valence-electron chi connectivity index (χ2n) is 7.39. The fraction of sp³-hybridized carbons (Fsp3) is 0.208. The third kappa shape index (κ3) is 4.31. The predicted octanol–water partition coefficient (Wildman–Crippen LogP) is 4.57. The monoisotopic (exact) mass is 455 g/mol. The summed E-state index contributed by atoms with van der Waals surface area (Å²) < 4.78 is 52.5. The molecule has 0 fully saturated rings. The molecule has 6 nitrogen and oxygen atoms in total. The highest BCUT2D eigenvalue weighted by atomic mass is 32.2. The summed E-state index contributed by atoms with van der Waals surface area (Å²) in [6.45, 7) is 1.87. The van der Waals surface area contributed by atoms with Gasteiger partial charge in [0.15, 0.2) is 9.84 Å². The van der Waals surface area contributed by atoms with Gasteiger partial charge in [0.05, 0.1) is 17.3 Å². The number of aryl methyl sites for hydroxylation is 1. The fourth-order valence-electron chi connectivity index (χ4n) is 3.40. The highest BCUT2D eigenvalue weighted by Gasteiger charge is 2.20. The number of pyridine rings is 1. The van der Waals surface area contributed by atoms with Gasteiger partial charge >= 0.3 is 0 Å². The normalized spacial score (nSPS) is 14.5. The fourth-order valence-corrected chi connectivity index (χ4v) is 4.31. The van der Waals surface area contributed by atoms with Gasteiger partial charge in [-0.25, -0.2) is 12.8 Å². The first-order valence-corrected chi connectivity index (χ1v) is 11.8.